The zero-order valence-corrected chi connectivity index (χ0v) is 7.41. The summed E-state index contributed by atoms with van der Waals surface area (Å²) in [6, 6.07) is 3.17. The summed E-state index contributed by atoms with van der Waals surface area (Å²) in [6.45, 7) is 0. The van der Waals surface area contributed by atoms with Crippen LogP contribution in [0, 0.1) is 0 Å². The van der Waals surface area contributed by atoms with Crippen molar-refractivity contribution in [3.8, 4) is 5.75 Å². The predicted octanol–water partition coefficient (Wildman–Crippen LogP) is 1.80. The molecule has 11 heavy (non-hydrogen) atoms. The molecule has 1 aromatic rings. The number of rotatable bonds is 1. The Morgan fingerprint density at radius 2 is 2.00 bits per heavy atom. The Kier molecular flexibility index (Phi) is 2.69. The fraction of sp³-hybridized carbons (Fsp3) is 0.143. The zero-order chi connectivity index (χ0) is 8.43. The first kappa shape index (κ1) is 8.76. The molecule has 0 saturated heterocycles. The average Bonchev–Trinajstić information content (AvgIpc) is 1.85. The van der Waals surface area contributed by atoms with E-state index in [1.165, 1.54) is 7.11 Å². The van der Waals surface area contributed by atoms with Crippen LogP contribution in [-0.4, -0.2) is 15.0 Å². The Bertz CT molecular complexity index is 252. The van der Waals surface area contributed by atoms with Crippen LogP contribution < -0.4 is 10.2 Å². The SMILES string of the molecule is [B]c1cc(Cl)cc(Cl)c1OC. The van der Waals surface area contributed by atoms with E-state index in [1.807, 2.05) is 0 Å². The maximum atomic E-state index is 5.75. The van der Waals surface area contributed by atoms with Crippen molar-refractivity contribution >= 4 is 36.5 Å². The van der Waals surface area contributed by atoms with Crippen LogP contribution in [0.3, 0.4) is 0 Å². The number of ether oxygens (including phenoxy) is 1. The van der Waals surface area contributed by atoms with E-state index < -0.39 is 0 Å². The first-order chi connectivity index (χ1) is 5.15. The van der Waals surface area contributed by atoms with Gasteiger partial charge >= 0.3 is 0 Å². The van der Waals surface area contributed by atoms with E-state index in [4.69, 9.17) is 35.8 Å². The van der Waals surface area contributed by atoms with E-state index in [0.29, 0.717) is 21.3 Å². The van der Waals surface area contributed by atoms with Gasteiger partial charge < -0.3 is 4.74 Å². The maximum absolute atomic E-state index is 5.75. The monoisotopic (exact) mass is 186 g/mol. The third-order valence-corrected chi connectivity index (χ3v) is 1.74. The van der Waals surface area contributed by atoms with Gasteiger partial charge in [0.15, 0.2) is 0 Å². The van der Waals surface area contributed by atoms with Gasteiger partial charge in [0.2, 0.25) is 0 Å². The van der Waals surface area contributed by atoms with E-state index in [-0.39, 0.29) is 0 Å². The molecule has 0 spiro atoms. The number of hydrogen-bond acceptors (Lipinski definition) is 1. The lowest BCUT2D eigenvalue weighted by atomic mass is 9.95. The van der Waals surface area contributed by atoms with Gasteiger partial charge in [0, 0.05) is 5.02 Å². The first-order valence-electron chi connectivity index (χ1n) is 2.93. The van der Waals surface area contributed by atoms with E-state index in [0.717, 1.165) is 0 Å². The van der Waals surface area contributed by atoms with Crippen LogP contribution in [0.15, 0.2) is 12.1 Å². The molecule has 4 heteroatoms. The minimum Gasteiger partial charge on any atom is -0.496 e. The molecule has 0 aliphatic heterocycles. The molecule has 0 bridgehead atoms. The van der Waals surface area contributed by atoms with E-state index >= 15 is 0 Å². The summed E-state index contributed by atoms with van der Waals surface area (Å²) in [7, 11) is 7.04. The summed E-state index contributed by atoms with van der Waals surface area (Å²) in [6.07, 6.45) is 0. The fourth-order valence-corrected chi connectivity index (χ4v) is 1.38. The van der Waals surface area contributed by atoms with Gasteiger partial charge in [-0.3, -0.25) is 0 Å². The summed E-state index contributed by atoms with van der Waals surface area (Å²) >= 11 is 11.4. The van der Waals surface area contributed by atoms with Crippen molar-refractivity contribution in [2.24, 2.45) is 0 Å². The molecule has 56 valence electrons. The van der Waals surface area contributed by atoms with Gasteiger partial charge in [-0.1, -0.05) is 28.7 Å². The number of benzene rings is 1. The van der Waals surface area contributed by atoms with E-state index in [2.05, 4.69) is 0 Å². The van der Waals surface area contributed by atoms with Gasteiger partial charge in [-0.2, -0.15) is 0 Å². The average molecular weight is 187 g/mol. The highest BCUT2D eigenvalue weighted by Crippen LogP contribution is 2.24. The largest absolute Gasteiger partial charge is 0.496 e. The molecule has 0 aliphatic rings. The molecule has 0 heterocycles. The van der Waals surface area contributed by atoms with Crippen LogP contribution in [0.25, 0.3) is 0 Å². The van der Waals surface area contributed by atoms with Gasteiger partial charge in [-0.15, -0.1) is 0 Å². The molecule has 0 fully saturated rings. The second-order valence-electron chi connectivity index (χ2n) is 2.01. The van der Waals surface area contributed by atoms with Crippen molar-refractivity contribution in [1.82, 2.24) is 0 Å². The second kappa shape index (κ2) is 3.37. The van der Waals surface area contributed by atoms with Crippen LogP contribution in [-0.2, 0) is 0 Å². The second-order valence-corrected chi connectivity index (χ2v) is 2.85. The Labute approximate surface area is 76.7 Å². The molecule has 0 N–H and O–H groups in total. The number of methoxy groups -OCH3 is 1. The van der Waals surface area contributed by atoms with Gasteiger partial charge in [0.1, 0.15) is 13.6 Å². The lowest BCUT2D eigenvalue weighted by Gasteiger charge is -2.06. The van der Waals surface area contributed by atoms with Gasteiger partial charge in [-0.25, -0.2) is 0 Å². The summed E-state index contributed by atoms with van der Waals surface area (Å²) in [5, 5.41) is 0.936. The third kappa shape index (κ3) is 1.82. The molecule has 1 aromatic carbocycles. The van der Waals surface area contributed by atoms with Gasteiger partial charge in [0.25, 0.3) is 0 Å². The predicted molar refractivity (Wildman–Crippen MR) is 48.4 cm³/mol. The number of hydrogen-bond donors (Lipinski definition) is 0. The van der Waals surface area contributed by atoms with Gasteiger partial charge in [-0.05, 0) is 12.1 Å². The quantitative estimate of drug-likeness (QED) is 0.608. The Hall–Kier alpha value is -0.335. The lowest BCUT2D eigenvalue weighted by Crippen LogP contribution is -2.07. The molecule has 0 amide bonds. The zero-order valence-electron chi connectivity index (χ0n) is 5.90. The van der Waals surface area contributed by atoms with Crippen LogP contribution >= 0.6 is 23.2 Å². The van der Waals surface area contributed by atoms with Crippen molar-refractivity contribution < 1.29 is 4.74 Å². The lowest BCUT2D eigenvalue weighted by molar-refractivity contribution is 0.418. The Balaban J connectivity index is 3.25. The summed E-state index contributed by atoms with van der Waals surface area (Å²) in [5.41, 5.74) is 0.449. The molecule has 0 aromatic heterocycles. The summed E-state index contributed by atoms with van der Waals surface area (Å²) in [5.74, 6) is 0.469. The summed E-state index contributed by atoms with van der Waals surface area (Å²) in [4.78, 5) is 0. The van der Waals surface area contributed by atoms with E-state index in [1.54, 1.807) is 12.1 Å². The highest BCUT2D eigenvalue weighted by Gasteiger charge is 2.04. The molecule has 0 saturated carbocycles. The van der Waals surface area contributed by atoms with Crippen molar-refractivity contribution in [2.75, 3.05) is 7.11 Å². The van der Waals surface area contributed by atoms with Crippen molar-refractivity contribution in [1.29, 1.82) is 0 Å². The molecular formula is C7H5BCl2O. The van der Waals surface area contributed by atoms with Crippen molar-refractivity contribution in [3.63, 3.8) is 0 Å². The van der Waals surface area contributed by atoms with Crippen LogP contribution in [0.1, 0.15) is 0 Å². The van der Waals surface area contributed by atoms with Crippen molar-refractivity contribution in [2.45, 2.75) is 0 Å². The Morgan fingerprint density at radius 1 is 1.36 bits per heavy atom. The third-order valence-electron chi connectivity index (χ3n) is 1.24. The first-order valence-corrected chi connectivity index (χ1v) is 3.69. The van der Waals surface area contributed by atoms with Crippen LogP contribution in [0.5, 0.6) is 5.75 Å². The number of halogens is 2. The van der Waals surface area contributed by atoms with E-state index in [9.17, 15) is 0 Å². The molecule has 1 rings (SSSR count). The standard InChI is InChI=1S/C7H5BCl2O/c1-11-7-5(8)2-4(9)3-6(7)10/h2-3H,1H3. The summed E-state index contributed by atoms with van der Waals surface area (Å²) < 4.78 is 4.92. The van der Waals surface area contributed by atoms with Crippen LogP contribution in [0.2, 0.25) is 10.0 Å². The van der Waals surface area contributed by atoms with Gasteiger partial charge in [0.05, 0.1) is 12.1 Å². The molecule has 2 radical (unpaired) electrons. The molecule has 0 unspecified atom stereocenters. The maximum Gasteiger partial charge on any atom is 0.130 e. The minimum absolute atomic E-state index is 0.428. The molecule has 0 aliphatic carbocycles. The van der Waals surface area contributed by atoms with Crippen LogP contribution in [0.4, 0.5) is 0 Å². The molecular weight excluding hydrogens is 182 g/mol. The Morgan fingerprint density at radius 3 is 2.45 bits per heavy atom. The highest BCUT2D eigenvalue weighted by atomic mass is 35.5. The smallest absolute Gasteiger partial charge is 0.130 e. The van der Waals surface area contributed by atoms with Crippen molar-refractivity contribution in [3.05, 3.63) is 22.2 Å². The highest BCUT2D eigenvalue weighted by molar-refractivity contribution is 6.42. The topological polar surface area (TPSA) is 9.23 Å². The fourth-order valence-electron chi connectivity index (χ4n) is 0.796. The minimum atomic E-state index is 0.428. The molecule has 1 nitrogen and oxygen atoms in total. The normalized spacial score (nSPS) is 9.73. The molecule has 0 atom stereocenters.